The lowest BCUT2D eigenvalue weighted by molar-refractivity contribution is -0.147. The van der Waals surface area contributed by atoms with Crippen LogP contribution in [0, 0.1) is 23.7 Å². The van der Waals surface area contributed by atoms with Crippen molar-refractivity contribution in [2.45, 2.75) is 26.2 Å². The molecule has 5 heteroatoms. The molecule has 5 nitrogen and oxygen atoms in total. The molecule has 1 heterocycles. The van der Waals surface area contributed by atoms with Gasteiger partial charge >= 0.3 is 12.0 Å². The van der Waals surface area contributed by atoms with Gasteiger partial charge in [-0.3, -0.25) is 4.79 Å². The molecule has 104 valence electrons. The fourth-order valence-corrected chi connectivity index (χ4v) is 2.43. The maximum absolute atomic E-state index is 12.4. The van der Waals surface area contributed by atoms with Crippen molar-refractivity contribution in [3.63, 3.8) is 0 Å². The summed E-state index contributed by atoms with van der Waals surface area (Å²) in [6.07, 6.45) is 8.12. The second-order valence-electron chi connectivity index (χ2n) is 5.85. The van der Waals surface area contributed by atoms with E-state index in [1.165, 1.54) is 0 Å². The molecule has 2 amide bonds. The second kappa shape index (κ2) is 5.12. The molecule has 19 heavy (non-hydrogen) atoms. The van der Waals surface area contributed by atoms with Crippen LogP contribution in [-0.2, 0) is 4.79 Å². The zero-order valence-corrected chi connectivity index (χ0v) is 11.3. The van der Waals surface area contributed by atoms with Crippen LogP contribution in [0.2, 0.25) is 0 Å². The van der Waals surface area contributed by atoms with Crippen LogP contribution in [0.4, 0.5) is 4.79 Å². The van der Waals surface area contributed by atoms with Crippen LogP contribution < -0.4 is 0 Å². The predicted molar refractivity (Wildman–Crippen MR) is 70.5 cm³/mol. The fraction of sp³-hybridized carbons (Fsp3) is 0.714. The summed E-state index contributed by atoms with van der Waals surface area (Å²) >= 11 is 0. The van der Waals surface area contributed by atoms with E-state index in [0.29, 0.717) is 32.0 Å². The molecule has 1 unspecified atom stereocenters. The van der Waals surface area contributed by atoms with E-state index >= 15 is 0 Å². The quantitative estimate of drug-likeness (QED) is 0.777. The number of amides is 2. The Morgan fingerprint density at radius 1 is 1.53 bits per heavy atom. The summed E-state index contributed by atoms with van der Waals surface area (Å²) < 4.78 is 0. The molecule has 0 spiro atoms. The number of urea groups is 1. The summed E-state index contributed by atoms with van der Waals surface area (Å²) in [6, 6.07) is -0.116. The van der Waals surface area contributed by atoms with Gasteiger partial charge in [-0.05, 0) is 32.1 Å². The zero-order valence-electron chi connectivity index (χ0n) is 11.3. The number of hydrogen-bond acceptors (Lipinski definition) is 2. The molecule has 1 saturated heterocycles. The van der Waals surface area contributed by atoms with Crippen LogP contribution in [0.25, 0.3) is 0 Å². The standard InChI is InChI=1S/C14H20N2O3/c1-3-7-15(9-11-4-5-11)13(19)16-8-6-14(2,10-16)12(17)18/h1,11H,4-10H2,2H3,(H,17,18). The summed E-state index contributed by atoms with van der Waals surface area (Å²) in [5.41, 5.74) is -0.822. The highest BCUT2D eigenvalue weighted by molar-refractivity contribution is 5.79. The Hall–Kier alpha value is -1.70. The normalized spacial score (nSPS) is 26.0. The SMILES string of the molecule is C#CCN(CC1CC1)C(=O)N1CCC(C)(C(=O)O)C1. The molecule has 1 aliphatic heterocycles. The maximum atomic E-state index is 12.4. The van der Waals surface area contributed by atoms with Gasteiger partial charge in [0.1, 0.15) is 0 Å². The third kappa shape index (κ3) is 3.01. The van der Waals surface area contributed by atoms with Gasteiger partial charge < -0.3 is 14.9 Å². The van der Waals surface area contributed by atoms with Crippen molar-refractivity contribution in [2.75, 3.05) is 26.2 Å². The van der Waals surface area contributed by atoms with E-state index in [1.54, 1.807) is 16.7 Å². The molecule has 2 fully saturated rings. The highest BCUT2D eigenvalue weighted by Gasteiger charge is 2.43. The van der Waals surface area contributed by atoms with Crippen LogP contribution in [0.3, 0.4) is 0 Å². The molecule has 0 aromatic carbocycles. The minimum absolute atomic E-state index is 0.116. The molecule has 1 saturated carbocycles. The van der Waals surface area contributed by atoms with Crippen molar-refractivity contribution in [1.29, 1.82) is 0 Å². The number of carboxylic acid groups (broad SMARTS) is 1. The Balaban J connectivity index is 1.98. The van der Waals surface area contributed by atoms with E-state index in [0.717, 1.165) is 12.8 Å². The van der Waals surface area contributed by atoms with E-state index in [2.05, 4.69) is 5.92 Å². The maximum Gasteiger partial charge on any atom is 0.320 e. The smallest absolute Gasteiger partial charge is 0.320 e. The molecular formula is C14H20N2O3. The average molecular weight is 264 g/mol. The highest BCUT2D eigenvalue weighted by Crippen LogP contribution is 2.33. The predicted octanol–water partition coefficient (Wildman–Crippen LogP) is 1.25. The van der Waals surface area contributed by atoms with E-state index in [1.807, 2.05) is 0 Å². The Bertz CT molecular complexity index is 425. The molecule has 0 radical (unpaired) electrons. The van der Waals surface area contributed by atoms with E-state index in [-0.39, 0.29) is 12.6 Å². The number of likely N-dealkylation sites (tertiary alicyclic amines) is 1. The van der Waals surface area contributed by atoms with Gasteiger partial charge in [0.05, 0.1) is 12.0 Å². The summed E-state index contributed by atoms with van der Waals surface area (Å²) in [5.74, 6) is 2.25. The lowest BCUT2D eigenvalue weighted by atomic mass is 9.90. The largest absolute Gasteiger partial charge is 0.481 e. The van der Waals surface area contributed by atoms with Crippen LogP contribution >= 0.6 is 0 Å². The van der Waals surface area contributed by atoms with Gasteiger partial charge in [0.15, 0.2) is 0 Å². The summed E-state index contributed by atoms with van der Waals surface area (Å²) in [6.45, 7) is 3.45. The first-order valence-corrected chi connectivity index (χ1v) is 6.67. The van der Waals surface area contributed by atoms with Crippen LogP contribution in [-0.4, -0.2) is 53.1 Å². The van der Waals surface area contributed by atoms with Crippen LogP contribution in [0.5, 0.6) is 0 Å². The zero-order chi connectivity index (χ0) is 14.0. The second-order valence-corrected chi connectivity index (χ2v) is 5.85. The molecule has 2 rings (SSSR count). The number of carboxylic acids is 1. The van der Waals surface area contributed by atoms with Gasteiger partial charge in [-0.15, -0.1) is 6.42 Å². The third-order valence-electron chi connectivity index (χ3n) is 3.99. The van der Waals surface area contributed by atoms with Crippen LogP contribution in [0.15, 0.2) is 0 Å². The average Bonchev–Trinajstić information content (AvgIpc) is 3.08. The van der Waals surface area contributed by atoms with Crippen molar-refractivity contribution in [1.82, 2.24) is 9.80 Å². The molecule has 1 aliphatic carbocycles. The number of carbonyl (C=O) groups excluding carboxylic acids is 1. The van der Waals surface area contributed by atoms with E-state index in [9.17, 15) is 14.7 Å². The first-order valence-electron chi connectivity index (χ1n) is 6.67. The molecule has 0 aromatic heterocycles. The number of aliphatic carboxylic acids is 1. The molecule has 1 atom stereocenters. The molecule has 2 aliphatic rings. The van der Waals surface area contributed by atoms with Gasteiger partial charge in [-0.1, -0.05) is 5.92 Å². The minimum Gasteiger partial charge on any atom is -0.481 e. The number of carbonyl (C=O) groups is 2. The summed E-state index contributed by atoms with van der Waals surface area (Å²) in [5, 5.41) is 9.19. The topological polar surface area (TPSA) is 60.9 Å². The van der Waals surface area contributed by atoms with Crippen LogP contribution in [0.1, 0.15) is 26.2 Å². The fourth-order valence-electron chi connectivity index (χ4n) is 2.43. The first-order chi connectivity index (χ1) is 8.96. The summed E-state index contributed by atoms with van der Waals surface area (Å²) in [7, 11) is 0. The van der Waals surface area contributed by atoms with Gasteiger partial charge in [0.25, 0.3) is 0 Å². The molecule has 1 N–H and O–H groups in total. The minimum atomic E-state index is -0.839. The van der Waals surface area contributed by atoms with Gasteiger partial charge in [0.2, 0.25) is 0 Å². The Morgan fingerprint density at radius 3 is 2.68 bits per heavy atom. The lowest BCUT2D eigenvalue weighted by Crippen LogP contribution is -2.44. The van der Waals surface area contributed by atoms with E-state index in [4.69, 9.17) is 6.42 Å². The number of hydrogen-bond donors (Lipinski definition) is 1. The highest BCUT2D eigenvalue weighted by atomic mass is 16.4. The van der Waals surface area contributed by atoms with E-state index < -0.39 is 11.4 Å². The Morgan fingerprint density at radius 2 is 2.21 bits per heavy atom. The number of rotatable bonds is 4. The number of terminal acetylenes is 1. The van der Waals surface area contributed by atoms with Crippen molar-refractivity contribution in [2.24, 2.45) is 11.3 Å². The first kappa shape index (κ1) is 13.7. The Labute approximate surface area is 113 Å². The number of nitrogens with zero attached hydrogens (tertiary/aromatic N) is 2. The molecule has 0 bridgehead atoms. The molecular weight excluding hydrogens is 244 g/mol. The Kier molecular flexibility index (Phi) is 3.70. The van der Waals surface area contributed by atoms with Crippen molar-refractivity contribution in [3.8, 4) is 12.3 Å². The van der Waals surface area contributed by atoms with Gasteiger partial charge in [0, 0.05) is 19.6 Å². The van der Waals surface area contributed by atoms with Crippen molar-refractivity contribution >= 4 is 12.0 Å². The third-order valence-corrected chi connectivity index (χ3v) is 3.99. The lowest BCUT2D eigenvalue weighted by Gasteiger charge is -2.27. The molecule has 0 aromatic rings. The monoisotopic (exact) mass is 264 g/mol. The van der Waals surface area contributed by atoms with Gasteiger partial charge in [-0.2, -0.15) is 0 Å². The van der Waals surface area contributed by atoms with Crippen molar-refractivity contribution < 1.29 is 14.7 Å². The summed E-state index contributed by atoms with van der Waals surface area (Å²) in [4.78, 5) is 26.9. The van der Waals surface area contributed by atoms with Gasteiger partial charge in [-0.25, -0.2) is 4.79 Å². The van der Waals surface area contributed by atoms with Crippen molar-refractivity contribution in [3.05, 3.63) is 0 Å².